The summed E-state index contributed by atoms with van der Waals surface area (Å²) in [5.41, 5.74) is -0.561. The molecular weight excluding hydrogens is 751 g/mol. The van der Waals surface area contributed by atoms with Crippen LogP contribution in [0.15, 0.2) is 71.8 Å². The number of hydrogen-bond donors (Lipinski definition) is 1. The van der Waals surface area contributed by atoms with E-state index < -0.39 is 37.9 Å². The van der Waals surface area contributed by atoms with E-state index in [2.05, 4.69) is 10.3 Å². The molecule has 0 aliphatic heterocycles. The molecule has 4 aromatic rings. The number of aryl methyl sites for hydroxylation is 1. The number of carbonyl (C=O) groups excluding carboxylic acids is 1. The fourth-order valence-corrected chi connectivity index (χ4v) is 10.3. The van der Waals surface area contributed by atoms with E-state index in [0.29, 0.717) is 5.69 Å². The average molecular weight is 794 g/mol. The van der Waals surface area contributed by atoms with Gasteiger partial charge in [0.2, 0.25) is 5.52 Å². The lowest BCUT2D eigenvalue weighted by Crippen LogP contribution is -2.27. The number of hydrogen-bond acceptors (Lipinski definition) is 12. The first-order valence-electron chi connectivity index (χ1n) is 17.0. The van der Waals surface area contributed by atoms with Crippen LogP contribution in [-0.2, 0) is 33.6 Å². The zero-order chi connectivity index (χ0) is 38.8. The minimum atomic E-state index is -4.24. The lowest BCUT2D eigenvalue weighted by atomic mass is 10.0. The molecule has 17 heteroatoms. The highest BCUT2D eigenvalue weighted by molar-refractivity contribution is 7.72. The van der Waals surface area contributed by atoms with Gasteiger partial charge in [-0.25, -0.2) is 9.37 Å². The van der Waals surface area contributed by atoms with Gasteiger partial charge in [-0.3, -0.25) is 23.3 Å². The molecule has 0 amide bonds. The zero-order valence-electron chi connectivity index (χ0n) is 30.3. The van der Waals surface area contributed by atoms with Crippen LogP contribution in [0.1, 0.15) is 56.1 Å². The summed E-state index contributed by atoms with van der Waals surface area (Å²) in [6.45, 7) is 10.0. The molecule has 0 spiro atoms. The number of nitrogens with zero attached hydrogens (tertiary/aromatic N) is 2. The zero-order valence-corrected chi connectivity index (χ0v) is 32.8. The summed E-state index contributed by atoms with van der Waals surface area (Å²) < 4.78 is 78.2. The van der Waals surface area contributed by atoms with E-state index in [4.69, 9.17) is 39.2 Å². The quantitative estimate of drug-likeness (QED) is 0.0670. The van der Waals surface area contributed by atoms with Gasteiger partial charge in [-0.15, -0.1) is 0 Å². The van der Waals surface area contributed by atoms with Gasteiger partial charge in [0, 0.05) is 30.6 Å². The highest BCUT2D eigenvalue weighted by atomic mass is 35.5. The van der Waals surface area contributed by atoms with Crippen LogP contribution in [0.3, 0.4) is 0 Å². The monoisotopic (exact) mass is 793 g/mol. The molecule has 0 aliphatic carbocycles. The molecule has 13 nitrogen and oxygen atoms in total. The van der Waals surface area contributed by atoms with E-state index in [1.54, 1.807) is 59.0 Å². The summed E-state index contributed by atoms with van der Waals surface area (Å²) in [6, 6.07) is 14.1. The van der Waals surface area contributed by atoms with E-state index in [0.717, 1.165) is 11.6 Å². The van der Waals surface area contributed by atoms with Crippen LogP contribution < -0.4 is 20.3 Å². The van der Waals surface area contributed by atoms with Gasteiger partial charge in [0.15, 0.2) is 23.1 Å². The normalized spacial score (nSPS) is 11.9. The van der Waals surface area contributed by atoms with Gasteiger partial charge >= 0.3 is 15.2 Å². The number of ether oxygens (including phenoxy) is 2. The topological polar surface area (TPSA) is 154 Å². The second kappa shape index (κ2) is 18.9. The van der Waals surface area contributed by atoms with Crippen LogP contribution in [0.5, 0.6) is 17.2 Å². The Balaban J connectivity index is 1.62. The maximum Gasteiger partial charge on any atom is 0.365 e. The Labute approximate surface area is 312 Å². The molecule has 2 heterocycles. The van der Waals surface area contributed by atoms with Gasteiger partial charge in [-0.2, -0.15) is 0 Å². The Hall–Kier alpha value is -3.87. The van der Waals surface area contributed by atoms with Gasteiger partial charge in [-0.05, 0) is 77.4 Å². The smallest absolute Gasteiger partial charge is 0.365 e. The van der Waals surface area contributed by atoms with Crippen molar-refractivity contribution in [3.8, 4) is 22.9 Å². The van der Waals surface area contributed by atoms with Crippen LogP contribution >= 0.6 is 26.8 Å². The predicted octanol–water partition coefficient (Wildman–Crippen LogP) is 9.18. The Bertz CT molecular complexity index is 2000. The lowest BCUT2D eigenvalue weighted by Gasteiger charge is -2.32. The Kier molecular flexibility index (Phi) is 15.0. The van der Waals surface area contributed by atoms with Crippen molar-refractivity contribution in [1.29, 1.82) is 0 Å². The highest BCUT2D eigenvalue weighted by Crippen LogP contribution is 2.70. The third-order valence-corrected chi connectivity index (χ3v) is 13.5. The largest absolute Gasteiger partial charge is 0.493 e. The number of nitrogens with one attached hydrogen (secondary N) is 1. The van der Waals surface area contributed by atoms with Crippen molar-refractivity contribution in [3.63, 3.8) is 0 Å². The molecule has 0 saturated heterocycles. The number of halogens is 2. The second-order valence-electron chi connectivity index (χ2n) is 11.2. The summed E-state index contributed by atoms with van der Waals surface area (Å²) in [4.78, 5) is 31.3. The van der Waals surface area contributed by atoms with Gasteiger partial charge < -0.3 is 32.9 Å². The molecule has 1 N–H and O–H groups in total. The fraction of sp³-hybridized carbons (Fsp3) is 0.361. The van der Waals surface area contributed by atoms with Gasteiger partial charge in [0.05, 0.1) is 33.0 Å². The lowest BCUT2D eigenvalue weighted by molar-refractivity contribution is 0.0987. The molecule has 2 aromatic carbocycles. The maximum absolute atomic E-state index is 15.5. The number of aromatic nitrogens is 2. The number of benzene rings is 2. The van der Waals surface area contributed by atoms with Gasteiger partial charge in [0.1, 0.15) is 22.2 Å². The molecule has 0 fully saturated rings. The number of ketones is 1. The molecule has 53 heavy (non-hydrogen) atoms. The van der Waals surface area contributed by atoms with Crippen molar-refractivity contribution in [3.05, 3.63) is 105 Å². The molecule has 4 rings (SSSR count). The van der Waals surface area contributed by atoms with Crippen molar-refractivity contribution in [2.45, 2.75) is 53.5 Å². The Morgan fingerprint density at radius 2 is 1.45 bits per heavy atom. The summed E-state index contributed by atoms with van der Waals surface area (Å²) >= 11 is 6.65. The van der Waals surface area contributed by atoms with E-state index in [1.807, 2.05) is 19.1 Å². The fourth-order valence-electron chi connectivity index (χ4n) is 5.23. The standard InChI is InChI=1S/C36H43ClFN3O10P2/c1-7-46-30-19-21-41(26-15-12-24(6)13-16-26)35(43)32(30)28(42)23-25-14-17-29(27(38)22-25)51-31-18-20-39-34(33(31)37)40-36(52(44,47-8-2)48-9-3)53(45,49-10-4)50-11-5/h12-22,36H,7-11,23H2,1-6H3,(H,39,40). The summed E-state index contributed by atoms with van der Waals surface area (Å²) in [5, 5.41) is 2.58. The molecule has 0 aliphatic rings. The first kappa shape index (κ1) is 41.9. The number of rotatable bonds is 20. The number of anilines is 1. The molecule has 0 atom stereocenters. The summed E-state index contributed by atoms with van der Waals surface area (Å²) in [5.74, 6) is -1.75. The molecule has 286 valence electrons. The van der Waals surface area contributed by atoms with Crippen molar-refractivity contribution in [1.82, 2.24) is 9.55 Å². The average Bonchev–Trinajstić information content (AvgIpc) is 3.10. The van der Waals surface area contributed by atoms with Crippen LogP contribution in [0, 0.1) is 12.7 Å². The third-order valence-electron chi connectivity index (χ3n) is 7.48. The first-order chi connectivity index (χ1) is 25.3. The van der Waals surface area contributed by atoms with Crippen LogP contribution in [0.25, 0.3) is 5.69 Å². The molecule has 0 unspecified atom stereocenters. The van der Waals surface area contributed by atoms with Crippen LogP contribution in [-0.4, -0.2) is 53.9 Å². The SMILES string of the molecule is CCOc1ccn(-c2ccc(C)cc2)c(=O)c1C(=O)Cc1ccc(Oc2ccnc(NC(P(=O)(OCC)OCC)P(=O)(OCC)OCC)c2Cl)c(F)c1. The maximum atomic E-state index is 15.5. The minimum absolute atomic E-state index is 0.0522. The van der Waals surface area contributed by atoms with E-state index in [-0.39, 0.29) is 78.7 Å². The summed E-state index contributed by atoms with van der Waals surface area (Å²) in [6.07, 6.45) is 2.51. The summed E-state index contributed by atoms with van der Waals surface area (Å²) in [7, 11) is -8.47. The molecule has 0 saturated carbocycles. The molecule has 0 bridgehead atoms. The van der Waals surface area contributed by atoms with Crippen molar-refractivity contribution in [2.24, 2.45) is 0 Å². The molecular formula is C36H43ClFN3O10P2. The second-order valence-corrected chi connectivity index (χ2v) is 16.2. The minimum Gasteiger partial charge on any atom is -0.493 e. The van der Waals surface area contributed by atoms with E-state index >= 15 is 4.39 Å². The number of pyridine rings is 2. The Morgan fingerprint density at radius 3 is 2.00 bits per heavy atom. The third kappa shape index (κ3) is 10.0. The van der Waals surface area contributed by atoms with Crippen molar-refractivity contribution >= 4 is 38.4 Å². The number of carbonyl (C=O) groups is 1. The van der Waals surface area contributed by atoms with Crippen molar-refractivity contribution in [2.75, 3.05) is 38.4 Å². The first-order valence-corrected chi connectivity index (χ1v) is 20.6. The van der Waals surface area contributed by atoms with Crippen LogP contribution in [0.2, 0.25) is 5.02 Å². The van der Waals surface area contributed by atoms with Gasteiger partial charge in [-0.1, -0.05) is 35.4 Å². The van der Waals surface area contributed by atoms with Crippen molar-refractivity contribution < 1.29 is 45.9 Å². The molecule has 0 radical (unpaired) electrons. The predicted molar refractivity (Wildman–Crippen MR) is 201 cm³/mol. The highest BCUT2D eigenvalue weighted by Gasteiger charge is 2.51. The van der Waals surface area contributed by atoms with Crippen LogP contribution in [0.4, 0.5) is 10.2 Å². The molecule has 2 aromatic heterocycles. The van der Waals surface area contributed by atoms with E-state index in [1.165, 1.54) is 29.0 Å². The van der Waals surface area contributed by atoms with E-state index in [9.17, 15) is 18.7 Å². The Morgan fingerprint density at radius 1 is 0.849 bits per heavy atom. The van der Waals surface area contributed by atoms with Gasteiger partial charge in [0.25, 0.3) is 5.56 Å². The number of Topliss-reactive ketones (excluding diaryl/α,β-unsaturated/α-hetero) is 1.